The van der Waals surface area contributed by atoms with Gasteiger partial charge in [0.25, 0.3) is 0 Å². The van der Waals surface area contributed by atoms with Crippen LogP contribution >= 0.6 is 0 Å². The van der Waals surface area contributed by atoms with Crippen molar-refractivity contribution >= 4 is 22.6 Å². The van der Waals surface area contributed by atoms with Crippen molar-refractivity contribution in [3.05, 3.63) is 53.0 Å². The molecule has 1 aromatic heterocycles. The molecule has 1 aromatic carbocycles. The Balaban J connectivity index is 1.98. The number of nitrogens with zero attached hydrogens (tertiary/aromatic N) is 2. The molecule has 0 radical (unpaired) electrons. The second-order valence-electron chi connectivity index (χ2n) is 6.14. The fourth-order valence-electron chi connectivity index (χ4n) is 2.70. The number of nitrogens with one attached hydrogen (secondary N) is 1. The summed E-state index contributed by atoms with van der Waals surface area (Å²) in [5.41, 5.74) is 3.48. The lowest BCUT2D eigenvalue weighted by Gasteiger charge is -2.13. The number of hydrogen-bond acceptors (Lipinski definition) is 6. The number of aryl methyl sites for hydroxylation is 2. The molecular weight excluding hydrogens is 362 g/mol. The standard InChI is InChI=1S/C20H27N3O3S/c1-4-17-18(20(24)26-5-2)19(23-14-22-17)21-12-10-15-6-8-16(9-7-15)11-13-27(3)25/h6-9,14H,4-5,10-13H2,1-3H3,(H,21,22,23). The van der Waals surface area contributed by atoms with Crippen LogP contribution in [0, 0.1) is 0 Å². The van der Waals surface area contributed by atoms with Crippen molar-refractivity contribution in [3.63, 3.8) is 0 Å². The molecule has 1 unspecified atom stereocenters. The van der Waals surface area contributed by atoms with E-state index in [1.54, 1.807) is 13.2 Å². The summed E-state index contributed by atoms with van der Waals surface area (Å²) in [6.45, 7) is 4.69. The lowest BCUT2D eigenvalue weighted by atomic mass is 10.1. The highest BCUT2D eigenvalue weighted by Gasteiger charge is 2.19. The van der Waals surface area contributed by atoms with Crippen LogP contribution < -0.4 is 5.32 Å². The molecule has 2 aromatic rings. The second-order valence-corrected chi connectivity index (χ2v) is 7.69. The van der Waals surface area contributed by atoms with E-state index in [1.165, 1.54) is 17.5 Å². The molecule has 0 aliphatic rings. The highest BCUT2D eigenvalue weighted by atomic mass is 32.2. The molecule has 2 rings (SSSR count). The second kappa shape index (κ2) is 10.8. The van der Waals surface area contributed by atoms with Gasteiger partial charge in [0, 0.05) is 29.4 Å². The van der Waals surface area contributed by atoms with Gasteiger partial charge in [-0.3, -0.25) is 4.21 Å². The van der Waals surface area contributed by atoms with Crippen LogP contribution in [0.3, 0.4) is 0 Å². The Labute approximate surface area is 163 Å². The van der Waals surface area contributed by atoms with Crippen LogP contribution in [0.15, 0.2) is 30.6 Å². The summed E-state index contributed by atoms with van der Waals surface area (Å²) in [5, 5.41) is 3.24. The molecule has 0 saturated carbocycles. The van der Waals surface area contributed by atoms with Gasteiger partial charge >= 0.3 is 5.97 Å². The number of anilines is 1. The van der Waals surface area contributed by atoms with Gasteiger partial charge in [0.2, 0.25) is 0 Å². The number of hydrogen-bond donors (Lipinski definition) is 1. The Morgan fingerprint density at radius 1 is 1.11 bits per heavy atom. The maximum atomic E-state index is 12.3. The van der Waals surface area contributed by atoms with E-state index in [-0.39, 0.29) is 0 Å². The topological polar surface area (TPSA) is 81.2 Å². The van der Waals surface area contributed by atoms with E-state index >= 15 is 0 Å². The van der Waals surface area contributed by atoms with Gasteiger partial charge in [-0.15, -0.1) is 0 Å². The number of ether oxygens (including phenoxy) is 1. The minimum Gasteiger partial charge on any atom is -0.462 e. The summed E-state index contributed by atoms with van der Waals surface area (Å²) < 4.78 is 16.3. The number of carbonyl (C=O) groups excluding carboxylic acids is 1. The third kappa shape index (κ3) is 6.43. The first-order valence-corrected chi connectivity index (χ1v) is 10.9. The molecule has 1 heterocycles. The zero-order valence-electron chi connectivity index (χ0n) is 16.2. The Morgan fingerprint density at radius 2 is 1.78 bits per heavy atom. The lowest BCUT2D eigenvalue weighted by Crippen LogP contribution is -2.16. The van der Waals surface area contributed by atoms with Crippen LogP contribution in [-0.2, 0) is 34.8 Å². The maximum absolute atomic E-state index is 12.3. The Bertz CT molecular complexity index is 779. The minimum absolute atomic E-state index is 0.314. The predicted octanol–water partition coefficient (Wildman–Crippen LogP) is 2.79. The van der Waals surface area contributed by atoms with Crippen LogP contribution in [0.2, 0.25) is 0 Å². The molecule has 27 heavy (non-hydrogen) atoms. The van der Waals surface area contributed by atoms with Crippen LogP contribution in [0.25, 0.3) is 0 Å². The quantitative estimate of drug-likeness (QED) is 0.629. The van der Waals surface area contributed by atoms with Crippen LogP contribution in [0.4, 0.5) is 5.82 Å². The summed E-state index contributed by atoms with van der Waals surface area (Å²) in [5.74, 6) is 0.808. The SMILES string of the molecule is CCOC(=O)c1c(CC)ncnc1NCCc1ccc(CCS(C)=O)cc1. The first-order valence-electron chi connectivity index (χ1n) is 9.17. The van der Waals surface area contributed by atoms with Gasteiger partial charge in [-0.1, -0.05) is 31.2 Å². The molecular formula is C20H27N3O3S. The van der Waals surface area contributed by atoms with Crippen LogP contribution in [0.5, 0.6) is 0 Å². The lowest BCUT2D eigenvalue weighted by molar-refractivity contribution is 0.0525. The third-order valence-corrected chi connectivity index (χ3v) is 4.93. The van der Waals surface area contributed by atoms with Crippen LogP contribution in [-0.4, -0.2) is 45.3 Å². The van der Waals surface area contributed by atoms with Crippen molar-refractivity contribution in [3.8, 4) is 0 Å². The maximum Gasteiger partial charge on any atom is 0.343 e. The van der Waals surface area contributed by atoms with E-state index in [0.717, 1.165) is 12.8 Å². The minimum atomic E-state index is -0.768. The molecule has 0 fully saturated rings. The molecule has 7 heteroatoms. The summed E-state index contributed by atoms with van der Waals surface area (Å²) in [7, 11) is -0.768. The summed E-state index contributed by atoms with van der Waals surface area (Å²) in [6, 6.07) is 8.32. The zero-order chi connectivity index (χ0) is 19.6. The van der Waals surface area contributed by atoms with E-state index in [2.05, 4.69) is 39.6 Å². The smallest absolute Gasteiger partial charge is 0.343 e. The molecule has 1 atom stereocenters. The molecule has 146 valence electrons. The fraction of sp³-hybridized carbons (Fsp3) is 0.450. The zero-order valence-corrected chi connectivity index (χ0v) is 17.0. The molecule has 0 aliphatic heterocycles. The normalized spacial score (nSPS) is 11.8. The van der Waals surface area contributed by atoms with Gasteiger partial charge in [0.15, 0.2) is 0 Å². The highest BCUT2D eigenvalue weighted by Crippen LogP contribution is 2.17. The fourth-order valence-corrected chi connectivity index (χ4v) is 3.22. The molecule has 0 amide bonds. The first kappa shape index (κ1) is 21.0. The van der Waals surface area contributed by atoms with E-state index in [9.17, 15) is 9.00 Å². The van der Waals surface area contributed by atoms with Gasteiger partial charge in [0.05, 0.1) is 12.3 Å². The molecule has 0 saturated heterocycles. The van der Waals surface area contributed by atoms with E-state index in [1.807, 2.05) is 6.92 Å². The number of carbonyl (C=O) groups is 1. The third-order valence-electron chi connectivity index (χ3n) is 4.15. The van der Waals surface area contributed by atoms with Crippen molar-refractivity contribution in [2.75, 3.05) is 30.5 Å². The average Bonchev–Trinajstić information content (AvgIpc) is 2.67. The van der Waals surface area contributed by atoms with Crippen molar-refractivity contribution in [2.45, 2.75) is 33.1 Å². The first-order chi connectivity index (χ1) is 13.0. The molecule has 6 nitrogen and oxygen atoms in total. The highest BCUT2D eigenvalue weighted by molar-refractivity contribution is 7.84. The summed E-state index contributed by atoms with van der Waals surface area (Å²) in [4.78, 5) is 20.7. The predicted molar refractivity (Wildman–Crippen MR) is 109 cm³/mol. The Hall–Kier alpha value is -2.28. The Kier molecular flexibility index (Phi) is 8.39. The van der Waals surface area contributed by atoms with Gasteiger partial charge in [-0.05, 0) is 37.3 Å². The number of aromatic nitrogens is 2. The average molecular weight is 390 g/mol. The van der Waals surface area contributed by atoms with E-state index in [0.29, 0.717) is 42.4 Å². The monoisotopic (exact) mass is 389 g/mol. The van der Waals surface area contributed by atoms with Gasteiger partial charge < -0.3 is 10.1 Å². The van der Waals surface area contributed by atoms with E-state index in [4.69, 9.17) is 4.74 Å². The van der Waals surface area contributed by atoms with Crippen molar-refractivity contribution in [1.82, 2.24) is 9.97 Å². The largest absolute Gasteiger partial charge is 0.462 e. The number of esters is 1. The number of rotatable bonds is 10. The van der Waals surface area contributed by atoms with E-state index < -0.39 is 16.8 Å². The van der Waals surface area contributed by atoms with Crippen molar-refractivity contribution < 1.29 is 13.7 Å². The molecule has 0 spiro atoms. The van der Waals surface area contributed by atoms with Crippen molar-refractivity contribution in [1.29, 1.82) is 0 Å². The van der Waals surface area contributed by atoms with Gasteiger partial charge in [-0.25, -0.2) is 14.8 Å². The molecule has 0 bridgehead atoms. The van der Waals surface area contributed by atoms with Crippen LogP contribution in [0.1, 0.15) is 41.0 Å². The van der Waals surface area contributed by atoms with Crippen molar-refractivity contribution in [2.24, 2.45) is 0 Å². The molecule has 1 N–H and O–H groups in total. The number of benzene rings is 1. The van der Waals surface area contributed by atoms with Gasteiger partial charge in [-0.2, -0.15) is 0 Å². The van der Waals surface area contributed by atoms with Gasteiger partial charge in [0.1, 0.15) is 17.7 Å². The summed E-state index contributed by atoms with van der Waals surface area (Å²) >= 11 is 0. The summed E-state index contributed by atoms with van der Waals surface area (Å²) in [6.07, 6.45) is 5.45. The molecule has 0 aliphatic carbocycles. The Morgan fingerprint density at radius 3 is 2.37 bits per heavy atom.